The number of hydrogen-bond acceptors (Lipinski definition) is 5. The van der Waals surface area contributed by atoms with Crippen LogP contribution in [-0.2, 0) is 4.57 Å². The van der Waals surface area contributed by atoms with Crippen molar-refractivity contribution in [3.63, 3.8) is 0 Å². The quantitative estimate of drug-likeness (QED) is 0.485. The van der Waals surface area contributed by atoms with E-state index in [0.29, 0.717) is 0 Å². The van der Waals surface area contributed by atoms with Crippen LogP contribution < -0.4 is 16.4 Å². The fourth-order valence-electron chi connectivity index (χ4n) is 0.833. The second kappa shape index (κ2) is 2.75. The first-order valence-corrected chi connectivity index (χ1v) is 5.11. The summed E-state index contributed by atoms with van der Waals surface area (Å²) in [6.45, 7) is 0. The summed E-state index contributed by atoms with van der Waals surface area (Å²) in [5.41, 5.74) is 5.92. The van der Waals surface area contributed by atoms with E-state index in [-0.39, 0.29) is 10.9 Å². The first-order valence-electron chi connectivity index (χ1n) is 3.34. The van der Waals surface area contributed by atoms with Crippen molar-refractivity contribution >= 4 is 18.2 Å². The highest BCUT2D eigenvalue weighted by molar-refractivity contribution is 7.76. The van der Waals surface area contributed by atoms with Crippen LogP contribution in [0.4, 0.5) is 0 Å². The third-order valence-electron chi connectivity index (χ3n) is 1.49. The predicted octanol–water partition coefficient (Wildman–Crippen LogP) is -1.89. The van der Waals surface area contributed by atoms with Gasteiger partial charge < -0.3 is 0 Å². The first-order chi connectivity index (χ1) is 6.21. The highest BCUT2D eigenvalue weighted by Crippen LogP contribution is 2.30. The highest BCUT2D eigenvalue weighted by atomic mass is 31.2. The van der Waals surface area contributed by atoms with Crippen molar-refractivity contribution in [3.8, 4) is 0 Å². The van der Waals surface area contributed by atoms with Crippen LogP contribution in [0.2, 0.25) is 0 Å². The molecule has 0 saturated carbocycles. The van der Waals surface area contributed by atoms with Crippen LogP contribution in [0.15, 0.2) is 12.4 Å². The minimum absolute atomic E-state index is 0.182. The van der Waals surface area contributed by atoms with Gasteiger partial charge in [-0.15, -0.1) is 10.2 Å². The van der Waals surface area contributed by atoms with Gasteiger partial charge >= 0.3 is 0 Å². The summed E-state index contributed by atoms with van der Waals surface area (Å²) in [7, 11) is -3.21. The zero-order chi connectivity index (χ0) is 9.31. The monoisotopic (exact) mass is 199 g/mol. The summed E-state index contributed by atoms with van der Waals surface area (Å²) in [6.07, 6.45) is 2.74. The maximum Gasteiger partial charge on any atom is 0.244 e. The molecule has 0 aliphatic heterocycles. The van der Waals surface area contributed by atoms with Crippen LogP contribution in [-0.4, -0.2) is 30.8 Å². The van der Waals surface area contributed by atoms with Crippen LogP contribution in [0.5, 0.6) is 0 Å². The molecule has 8 nitrogen and oxygen atoms in total. The normalized spacial score (nSPS) is 11.8. The molecule has 0 bridgehead atoms. The minimum Gasteiger partial charge on any atom is -0.293 e. The Hall–Kier alpha value is -1.53. The molecule has 13 heavy (non-hydrogen) atoms. The van der Waals surface area contributed by atoms with Crippen molar-refractivity contribution in [1.82, 2.24) is 30.8 Å². The molecule has 2 aromatic rings. The number of aromatic amines is 2. The van der Waals surface area contributed by atoms with E-state index in [1.54, 1.807) is 0 Å². The van der Waals surface area contributed by atoms with E-state index in [1.165, 1.54) is 12.4 Å². The van der Waals surface area contributed by atoms with Crippen molar-refractivity contribution in [2.75, 3.05) is 0 Å². The topological polar surface area (TPSA) is 126 Å². The summed E-state index contributed by atoms with van der Waals surface area (Å²) in [5, 5.41) is 18.8. The van der Waals surface area contributed by atoms with Crippen molar-refractivity contribution in [1.29, 1.82) is 0 Å². The molecule has 9 heteroatoms. The van der Waals surface area contributed by atoms with Gasteiger partial charge in [-0.3, -0.25) is 20.3 Å². The summed E-state index contributed by atoms with van der Waals surface area (Å²) in [5.74, 6) is 0. The molecule has 0 spiro atoms. The number of rotatable bonds is 2. The van der Waals surface area contributed by atoms with Gasteiger partial charge in [-0.25, -0.2) is 0 Å². The van der Waals surface area contributed by atoms with Gasteiger partial charge in [0.25, 0.3) is 0 Å². The van der Waals surface area contributed by atoms with E-state index in [0.717, 1.165) is 0 Å². The van der Waals surface area contributed by atoms with Gasteiger partial charge in [0.15, 0.2) is 10.9 Å². The predicted molar refractivity (Wildman–Crippen MR) is 43.8 cm³/mol. The lowest BCUT2D eigenvalue weighted by molar-refractivity contribution is 0.586. The number of nitrogens with two attached hydrogens (primary N) is 1. The third-order valence-corrected chi connectivity index (χ3v) is 3.29. The molecule has 2 aromatic heterocycles. The summed E-state index contributed by atoms with van der Waals surface area (Å²) >= 11 is 0. The fraction of sp³-hybridized carbons (Fsp3) is 0. The molecule has 0 aliphatic rings. The molecule has 0 saturated heterocycles. The number of H-pyrrole nitrogens is 2. The van der Waals surface area contributed by atoms with Gasteiger partial charge in [0.1, 0.15) is 0 Å². The van der Waals surface area contributed by atoms with Crippen molar-refractivity contribution in [2.24, 2.45) is 5.50 Å². The molecule has 2 rings (SSSR count). The zero-order valence-corrected chi connectivity index (χ0v) is 7.27. The molecule has 0 radical (unpaired) electrons. The molecule has 0 aliphatic carbocycles. The molecule has 0 unspecified atom stereocenters. The van der Waals surface area contributed by atoms with Gasteiger partial charge in [0.2, 0.25) is 7.29 Å². The maximum absolute atomic E-state index is 11.9. The Morgan fingerprint density at radius 1 is 1.15 bits per heavy atom. The lowest BCUT2D eigenvalue weighted by Crippen LogP contribution is -2.24. The molecule has 0 aromatic carbocycles. The summed E-state index contributed by atoms with van der Waals surface area (Å²) in [6, 6.07) is 0. The van der Waals surface area contributed by atoms with Crippen molar-refractivity contribution in [3.05, 3.63) is 12.4 Å². The van der Waals surface area contributed by atoms with Crippen molar-refractivity contribution < 1.29 is 4.57 Å². The Morgan fingerprint density at radius 3 is 1.92 bits per heavy atom. The SMILES string of the molecule is NP(=O)(c1c[nH]nn1)c1c[nH]nn1. The lowest BCUT2D eigenvalue weighted by atomic mass is 10.9. The van der Waals surface area contributed by atoms with Crippen LogP contribution in [0.25, 0.3) is 0 Å². The molecule has 4 N–H and O–H groups in total. The van der Waals surface area contributed by atoms with E-state index in [2.05, 4.69) is 30.8 Å². The van der Waals surface area contributed by atoms with Gasteiger partial charge in [0.05, 0.1) is 12.4 Å². The van der Waals surface area contributed by atoms with Crippen LogP contribution >= 0.6 is 7.29 Å². The van der Waals surface area contributed by atoms with Gasteiger partial charge in [-0.05, 0) is 0 Å². The molecular weight excluding hydrogens is 193 g/mol. The van der Waals surface area contributed by atoms with E-state index in [9.17, 15) is 4.57 Å². The molecule has 0 amide bonds. The maximum atomic E-state index is 11.9. The van der Waals surface area contributed by atoms with Gasteiger partial charge in [0, 0.05) is 0 Å². The Kier molecular flexibility index (Phi) is 1.71. The Balaban J connectivity index is 2.49. The van der Waals surface area contributed by atoms with Crippen LogP contribution in [0.1, 0.15) is 0 Å². The average Bonchev–Trinajstić information content (AvgIpc) is 2.78. The second-order valence-corrected chi connectivity index (χ2v) is 4.55. The Bertz CT molecular complexity index is 381. The van der Waals surface area contributed by atoms with E-state index >= 15 is 0 Å². The smallest absolute Gasteiger partial charge is 0.244 e. The van der Waals surface area contributed by atoms with Crippen molar-refractivity contribution in [2.45, 2.75) is 0 Å². The number of nitrogens with zero attached hydrogens (tertiary/aromatic N) is 4. The van der Waals surface area contributed by atoms with Gasteiger partial charge in [-0.1, -0.05) is 10.4 Å². The molecule has 68 valence electrons. The largest absolute Gasteiger partial charge is 0.293 e. The zero-order valence-electron chi connectivity index (χ0n) is 6.38. The van der Waals surface area contributed by atoms with Gasteiger partial charge in [-0.2, -0.15) is 0 Å². The fourth-order valence-corrected chi connectivity index (χ4v) is 1.92. The second-order valence-electron chi connectivity index (χ2n) is 2.32. The summed E-state index contributed by atoms with van der Waals surface area (Å²) < 4.78 is 11.9. The van der Waals surface area contributed by atoms with Crippen LogP contribution in [0.3, 0.4) is 0 Å². The Labute approximate surface area is 72.3 Å². The van der Waals surface area contributed by atoms with Crippen LogP contribution in [0, 0.1) is 0 Å². The molecule has 0 fully saturated rings. The highest BCUT2D eigenvalue weighted by Gasteiger charge is 2.27. The van der Waals surface area contributed by atoms with E-state index in [1.807, 2.05) is 0 Å². The number of hydrogen-bond donors (Lipinski definition) is 3. The van der Waals surface area contributed by atoms with E-state index < -0.39 is 7.29 Å². The lowest BCUT2D eigenvalue weighted by Gasteiger charge is -2.02. The minimum atomic E-state index is -3.21. The average molecular weight is 199 g/mol. The molecule has 0 atom stereocenters. The first kappa shape index (κ1) is 8.09. The Morgan fingerprint density at radius 2 is 1.62 bits per heavy atom. The number of nitrogens with one attached hydrogen (secondary N) is 2. The summed E-state index contributed by atoms with van der Waals surface area (Å²) in [4.78, 5) is 0. The standard InChI is InChI=1S/C4H6N7OP/c5-13(12,3-1-6-10-8-3)4-2-7-11-9-4/h1-2H,(H2,5,12)(H,6,8,10)(H,7,9,11). The number of aromatic nitrogens is 6. The van der Waals surface area contributed by atoms with E-state index in [4.69, 9.17) is 5.50 Å². The third kappa shape index (κ3) is 1.25. The molecular formula is C4H6N7OP. The molecule has 2 heterocycles.